The topological polar surface area (TPSA) is 77.7 Å². The Labute approximate surface area is 142 Å². The van der Waals surface area contributed by atoms with Crippen LogP contribution in [0.1, 0.15) is 47.2 Å². The molecule has 0 saturated carbocycles. The molecule has 0 unspecified atom stereocenters. The summed E-state index contributed by atoms with van der Waals surface area (Å²) >= 11 is 0. The maximum Gasteiger partial charge on any atom is 0.432 e. The fraction of sp³-hybridized carbons (Fsp3) is 0.562. The number of rotatable bonds is 3. The highest BCUT2D eigenvalue weighted by Crippen LogP contribution is 2.31. The lowest BCUT2D eigenvalue weighted by Crippen LogP contribution is -2.40. The van der Waals surface area contributed by atoms with Gasteiger partial charge >= 0.3 is 6.18 Å². The van der Waals surface area contributed by atoms with E-state index in [-0.39, 0.29) is 18.2 Å². The molecule has 0 aliphatic carbocycles. The van der Waals surface area contributed by atoms with Crippen molar-refractivity contribution in [3.05, 3.63) is 34.7 Å². The van der Waals surface area contributed by atoms with Crippen LogP contribution in [0.3, 0.4) is 0 Å². The molecule has 2 aromatic rings. The largest absolute Gasteiger partial charge is 0.432 e. The number of alkyl halides is 3. The van der Waals surface area contributed by atoms with Gasteiger partial charge in [0, 0.05) is 30.3 Å². The number of carbonyl (C=O) groups is 1. The molecule has 25 heavy (non-hydrogen) atoms. The molecule has 1 aliphatic heterocycles. The molecule has 0 radical (unpaired) electrons. The highest BCUT2D eigenvalue weighted by molar-refractivity contribution is 5.79. The number of nitrogens with one attached hydrogen (secondary N) is 2. The number of hydrogen-bond acceptors (Lipinski definition) is 3. The molecule has 2 N–H and O–H groups in total. The summed E-state index contributed by atoms with van der Waals surface area (Å²) in [6.45, 7) is 4.69. The van der Waals surface area contributed by atoms with E-state index in [0.717, 1.165) is 29.6 Å². The SMILES string of the molecule is Cc1n[nH]c(C)c1CC(=O)N1CCC[C@@H](c2ncc(C(F)(F)F)[nH]2)C1. The van der Waals surface area contributed by atoms with Crippen molar-refractivity contribution < 1.29 is 18.0 Å². The molecule has 0 spiro atoms. The number of hydrogen-bond donors (Lipinski definition) is 2. The van der Waals surface area contributed by atoms with E-state index in [1.807, 2.05) is 13.8 Å². The molecule has 6 nitrogen and oxygen atoms in total. The van der Waals surface area contributed by atoms with Crippen molar-refractivity contribution in [1.82, 2.24) is 25.1 Å². The van der Waals surface area contributed by atoms with Gasteiger partial charge in [-0.3, -0.25) is 9.89 Å². The van der Waals surface area contributed by atoms with E-state index < -0.39 is 11.9 Å². The second kappa shape index (κ2) is 6.53. The van der Waals surface area contributed by atoms with Gasteiger partial charge in [-0.1, -0.05) is 0 Å². The Bertz CT molecular complexity index is 745. The number of carbonyl (C=O) groups excluding carboxylic acids is 1. The van der Waals surface area contributed by atoms with Crippen LogP contribution in [0.25, 0.3) is 0 Å². The predicted molar refractivity (Wildman–Crippen MR) is 83.9 cm³/mol. The Balaban J connectivity index is 1.68. The molecular weight excluding hydrogens is 335 g/mol. The van der Waals surface area contributed by atoms with Crippen molar-refractivity contribution in [3.8, 4) is 0 Å². The third kappa shape index (κ3) is 3.69. The van der Waals surface area contributed by atoms with Crippen LogP contribution in [0, 0.1) is 13.8 Å². The summed E-state index contributed by atoms with van der Waals surface area (Å²) in [5.41, 5.74) is 1.68. The van der Waals surface area contributed by atoms with Crippen LogP contribution < -0.4 is 0 Å². The van der Waals surface area contributed by atoms with Crippen molar-refractivity contribution >= 4 is 5.91 Å². The summed E-state index contributed by atoms with van der Waals surface area (Å²) in [6, 6.07) is 0. The maximum absolute atomic E-state index is 12.7. The Morgan fingerprint density at radius 2 is 2.16 bits per heavy atom. The van der Waals surface area contributed by atoms with E-state index in [1.54, 1.807) is 4.90 Å². The van der Waals surface area contributed by atoms with Gasteiger partial charge in [0.1, 0.15) is 11.5 Å². The number of nitrogens with zero attached hydrogens (tertiary/aromatic N) is 3. The molecule has 0 aromatic carbocycles. The number of aryl methyl sites for hydroxylation is 2. The average Bonchev–Trinajstić information content (AvgIpc) is 3.17. The number of aromatic nitrogens is 4. The van der Waals surface area contributed by atoms with Crippen LogP contribution in [-0.2, 0) is 17.4 Å². The first-order valence-electron chi connectivity index (χ1n) is 8.16. The lowest BCUT2D eigenvalue weighted by molar-refractivity contribution is -0.141. The Morgan fingerprint density at radius 1 is 1.40 bits per heavy atom. The first-order chi connectivity index (χ1) is 11.8. The molecule has 1 atom stereocenters. The number of likely N-dealkylation sites (tertiary alicyclic amines) is 1. The summed E-state index contributed by atoms with van der Waals surface area (Å²) in [6.07, 6.45) is -1.94. The minimum Gasteiger partial charge on any atom is -0.342 e. The smallest absolute Gasteiger partial charge is 0.342 e. The van der Waals surface area contributed by atoms with Gasteiger partial charge in [0.05, 0.1) is 18.3 Å². The molecule has 3 rings (SSSR count). The van der Waals surface area contributed by atoms with E-state index in [0.29, 0.717) is 25.3 Å². The van der Waals surface area contributed by atoms with E-state index in [4.69, 9.17) is 0 Å². The zero-order chi connectivity index (χ0) is 18.2. The lowest BCUT2D eigenvalue weighted by atomic mass is 9.96. The Morgan fingerprint density at radius 3 is 2.76 bits per heavy atom. The number of aromatic amines is 2. The van der Waals surface area contributed by atoms with Gasteiger partial charge in [-0.15, -0.1) is 0 Å². The summed E-state index contributed by atoms with van der Waals surface area (Å²) in [4.78, 5) is 20.5. The van der Waals surface area contributed by atoms with Gasteiger partial charge < -0.3 is 9.88 Å². The standard InChI is InChI=1S/C16H20F3N5O/c1-9-12(10(2)23-22-9)6-14(25)24-5-3-4-11(8-24)15-20-7-13(21-15)16(17,18)19/h7,11H,3-6,8H2,1-2H3,(H,20,21)(H,22,23)/t11-/m1/s1. The van der Waals surface area contributed by atoms with E-state index in [2.05, 4.69) is 20.2 Å². The third-order valence-corrected chi connectivity index (χ3v) is 4.67. The minimum atomic E-state index is -4.44. The molecule has 9 heteroatoms. The second-order valence-electron chi connectivity index (χ2n) is 6.45. The highest BCUT2D eigenvalue weighted by Gasteiger charge is 2.35. The molecule has 1 fully saturated rings. The van der Waals surface area contributed by atoms with Crippen LogP contribution in [-0.4, -0.2) is 44.1 Å². The van der Waals surface area contributed by atoms with E-state index in [9.17, 15) is 18.0 Å². The molecule has 0 bridgehead atoms. The van der Waals surface area contributed by atoms with Gasteiger partial charge in [-0.2, -0.15) is 18.3 Å². The Kier molecular flexibility index (Phi) is 4.57. The third-order valence-electron chi connectivity index (χ3n) is 4.67. The molecule has 1 saturated heterocycles. The van der Waals surface area contributed by atoms with Crippen molar-refractivity contribution in [3.63, 3.8) is 0 Å². The molecular formula is C16H20F3N5O. The van der Waals surface area contributed by atoms with Gasteiger partial charge in [0.25, 0.3) is 0 Å². The number of piperidine rings is 1. The van der Waals surface area contributed by atoms with Crippen LogP contribution in [0.4, 0.5) is 13.2 Å². The zero-order valence-electron chi connectivity index (χ0n) is 14.1. The van der Waals surface area contributed by atoms with E-state index >= 15 is 0 Å². The summed E-state index contributed by atoms with van der Waals surface area (Å²) < 4.78 is 38.1. The summed E-state index contributed by atoms with van der Waals surface area (Å²) in [5, 5.41) is 6.94. The van der Waals surface area contributed by atoms with Crippen LogP contribution >= 0.6 is 0 Å². The predicted octanol–water partition coefficient (Wildman–Crippen LogP) is 2.72. The normalized spacial score (nSPS) is 18.6. The fourth-order valence-corrected chi connectivity index (χ4v) is 3.21. The van der Waals surface area contributed by atoms with Crippen molar-refractivity contribution in [1.29, 1.82) is 0 Å². The number of H-pyrrole nitrogens is 2. The number of amides is 1. The van der Waals surface area contributed by atoms with Gasteiger partial charge in [-0.25, -0.2) is 4.98 Å². The van der Waals surface area contributed by atoms with E-state index in [1.165, 1.54) is 0 Å². The van der Waals surface area contributed by atoms with Crippen molar-refractivity contribution in [2.24, 2.45) is 0 Å². The molecule has 3 heterocycles. The number of imidazole rings is 1. The lowest BCUT2D eigenvalue weighted by Gasteiger charge is -2.32. The van der Waals surface area contributed by atoms with Crippen LogP contribution in [0.5, 0.6) is 0 Å². The van der Waals surface area contributed by atoms with Crippen molar-refractivity contribution in [2.75, 3.05) is 13.1 Å². The number of halogens is 3. The quantitative estimate of drug-likeness (QED) is 0.889. The molecule has 1 aliphatic rings. The second-order valence-corrected chi connectivity index (χ2v) is 6.45. The Hall–Kier alpha value is -2.32. The monoisotopic (exact) mass is 355 g/mol. The maximum atomic E-state index is 12.7. The highest BCUT2D eigenvalue weighted by atomic mass is 19.4. The molecule has 1 amide bonds. The fourth-order valence-electron chi connectivity index (χ4n) is 3.21. The first-order valence-corrected chi connectivity index (χ1v) is 8.16. The molecule has 136 valence electrons. The first kappa shape index (κ1) is 17.5. The van der Waals surface area contributed by atoms with Crippen molar-refractivity contribution in [2.45, 2.75) is 45.2 Å². The minimum absolute atomic E-state index is 0.0418. The van der Waals surface area contributed by atoms with Crippen LogP contribution in [0.2, 0.25) is 0 Å². The average molecular weight is 355 g/mol. The van der Waals surface area contributed by atoms with Gasteiger partial charge in [-0.05, 0) is 26.7 Å². The van der Waals surface area contributed by atoms with Gasteiger partial charge in [0.15, 0.2) is 0 Å². The molecule has 2 aromatic heterocycles. The van der Waals surface area contributed by atoms with Crippen LogP contribution in [0.15, 0.2) is 6.20 Å². The summed E-state index contributed by atoms with van der Waals surface area (Å²) in [7, 11) is 0. The van der Waals surface area contributed by atoms with Gasteiger partial charge in [0.2, 0.25) is 5.91 Å². The summed E-state index contributed by atoms with van der Waals surface area (Å²) in [5.74, 6) is 0.0424. The zero-order valence-corrected chi connectivity index (χ0v) is 14.1.